The molecule has 6 heteroatoms. The molecular formula is C15H18ClN3OS. The Hall–Kier alpha value is -1.59. The molecule has 0 aliphatic rings. The summed E-state index contributed by atoms with van der Waals surface area (Å²) >= 11 is 7.37. The average Bonchev–Trinajstić information content (AvgIpc) is 2.84. The Morgan fingerprint density at radius 1 is 1.33 bits per heavy atom. The zero-order valence-electron chi connectivity index (χ0n) is 12.2. The van der Waals surface area contributed by atoms with Crippen molar-refractivity contribution in [2.45, 2.75) is 32.7 Å². The van der Waals surface area contributed by atoms with Crippen LogP contribution in [0.3, 0.4) is 0 Å². The van der Waals surface area contributed by atoms with Crippen LogP contribution in [0.5, 0.6) is 0 Å². The van der Waals surface area contributed by atoms with E-state index >= 15 is 0 Å². The molecule has 2 rings (SSSR count). The standard InChI is InChI=1S/C15H18ClN3OS/c1-8(2)11-6-10(7-14(17)19-11)15(20)18-9(3)12-4-5-13(16)21-12/h4-9H,1-3H3,(H2,17,19)(H,18,20). The number of halogens is 1. The molecule has 0 radical (unpaired) electrons. The molecule has 2 aromatic rings. The van der Waals surface area contributed by atoms with Gasteiger partial charge in [-0.3, -0.25) is 4.79 Å². The van der Waals surface area contributed by atoms with Gasteiger partial charge >= 0.3 is 0 Å². The number of nitrogens with two attached hydrogens (primary N) is 1. The number of anilines is 1. The zero-order chi connectivity index (χ0) is 15.6. The van der Waals surface area contributed by atoms with Gasteiger partial charge in [-0.05, 0) is 37.1 Å². The largest absolute Gasteiger partial charge is 0.384 e. The first kappa shape index (κ1) is 15.8. The normalized spacial score (nSPS) is 12.4. The average molecular weight is 324 g/mol. The van der Waals surface area contributed by atoms with Crippen molar-refractivity contribution in [3.05, 3.63) is 44.7 Å². The number of hydrogen-bond acceptors (Lipinski definition) is 4. The summed E-state index contributed by atoms with van der Waals surface area (Å²) in [5.41, 5.74) is 7.11. The number of carbonyl (C=O) groups excluding carboxylic acids is 1. The molecule has 0 spiro atoms. The predicted molar refractivity (Wildman–Crippen MR) is 87.9 cm³/mol. The second-order valence-electron chi connectivity index (χ2n) is 5.20. The fourth-order valence-corrected chi connectivity index (χ4v) is 2.98. The second kappa shape index (κ2) is 6.45. The molecule has 0 saturated heterocycles. The SMILES string of the molecule is CC(C)c1cc(C(=O)NC(C)c2ccc(Cl)s2)cc(N)n1. The van der Waals surface area contributed by atoms with Gasteiger partial charge in [-0.15, -0.1) is 11.3 Å². The van der Waals surface area contributed by atoms with E-state index in [9.17, 15) is 4.79 Å². The van der Waals surface area contributed by atoms with E-state index in [1.54, 1.807) is 12.1 Å². The number of rotatable bonds is 4. The highest BCUT2D eigenvalue weighted by Crippen LogP contribution is 2.27. The van der Waals surface area contributed by atoms with Gasteiger partial charge in [-0.2, -0.15) is 0 Å². The summed E-state index contributed by atoms with van der Waals surface area (Å²) in [6.07, 6.45) is 0. The number of nitrogens with one attached hydrogen (secondary N) is 1. The molecule has 1 unspecified atom stereocenters. The predicted octanol–water partition coefficient (Wildman–Crippen LogP) is 3.99. The van der Waals surface area contributed by atoms with E-state index in [1.807, 2.05) is 32.9 Å². The fourth-order valence-electron chi connectivity index (χ4n) is 1.91. The van der Waals surface area contributed by atoms with Gasteiger partial charge < -0.3 is 11.1 Å². The van der Waals surface area contributed by atoms with Crippen LogP contribution in [0.15, 0.2) is 24.3 Å². The molecule has 2 aromatic heterocycles. The van der Waals surface area contributed by atoms with Crippen molar-refractivity contribution in [1.29, 1.82) is 0 Å². The smallest absolute Gasteiger partial charge is 0.251 e. The van der Waals surface area contributed by atoms with E-state index in [2.05, 4.69) is 10.3 Å². The van der Waals surface area contributed by atoms with Gasteiger partial charge in [-0.25, -0.2) is 4.98 Å². The van der Waals surface area contributed by atoms with Crippen LogP contribution < -0.4 is 11.1 Å². The monoisotopic (exact) mass is 323 g/mol. The van der Waals surface area contributed by atoms with Crippen LogP contribution in [0.25, 0.3) is 0 Å². The van der Waals surface area contributed by atoms with Gasteiger partial charge in [0.05, 0.1) is 10.4 Å². The van der Waals surface area contributed by atoms with Crippen LogP contribution in [0.1, 0.15) is 53.7 Å². The quantitative estimate of drug-likeness (QED) is 0.893. The maximum atomic E-state index is 12.3. The highest BCUT2D eigenvalue weighted by Gasteiger charge is 2.15. The van der Waals surface area contributed by atoms with Gasteiger partial charge in [0.1, 0.15) is 5.82 Å². The number of nitrogens with zero attached hydrogens (tertiary/aromatic N) is 1. The van der Waals surface area contributed by atoms with Gasteiger partial charge in [0, 0.05) is 16.1 Å². The van der Waals surface area contributed by atoms with E-state index in [1.165, 1.54) is 11.3 Å². The zero-order valence-corrected chi connectivity index (χ0v) is 13.8. The van der Waals surface area contributed by atoms with Gasteiger partial charge in [0.2, 0.25) is 0 Å². The third kappa shape index (κ3) is 3.95. The number of nitrogen functional groups attached to an aromatic ring is 1. The van der Waals surface area contributed by atoms with Crippen molar-refractivity contribution < 1.29 is 4.79 Å². The summed E-state index contributed by atoms with van der Waals surface area (Å²) in [5.74, 6) is 0.412. The lowest BCUT2D eigenvalue weighted by atomic mass is 10.1. The summed E-state index contributed by atoms with van der Waals surface area (Å²) in [6, 6.07) is 7.01. The molecule has 4 nitrogen and oxygen atoms in total. The molecule has 0 fully saturated rings. The number of thiophene rings is 1. The highest BCUT2D eigenvalue weighted by molar-refractivity contribution is 7.16. The topological polar surface area (TPSA) is 68.0 Å². The van der Waals surface area contributed by atoms with Crippen LogP contribution in [0.4, 0.5) is 5.82 Å². The Morgan fingerprint density at radius 2 is 2.05 bits per heavy atom. The van der Waals surface area contributed by atoms with E-state index in [0.29, 0.717) is 15.7 Å². The van der Waals surface area contributed by atoms with Crippen LogP contribution >= 0.6 is 22.9 Å². The Bertz CT molecular complexity index is 654. The summed E-state index contributed by atoms with van der Waals surface area (Å²) in [7, 11) is 0. The first-order valence-corrected chi connectivity index (χ1v) is 7.90. The van der Waals surface area contributed by atoms with Crippen molar-refractivity contribution in [3.63, 3.8) is 0 Å². The molecule has 0 aliphatic heterocycles. The minimum atomic E-state index is -0.164. The fraction of sp³-hybridized carbons (Fsp3) is 0.333. The maximum absolute atomic E-state index is 12.3. The van der Waals surface area contributed by atoms with E-state index < -0.39 is 0 Å². The molecule has 1 amide bonds. The van der Waals surface area contributed by atoms with Crippen LogP contribution in [0, 0.1) is 0 Å². The van der Waals surface area contributed by atoms with Crippen LogP contribution in [0.2, 0.25) is 4.34 Å². The molecule has 112 valence electrons. The minimum Gasteiger partial charge on any atom is -0.384 e. The highest BCUT2D eigenvalue weighted by atomic mass is 35.5. The molecule has 0 aliphatic carbocycles. The molecule has 0 aromatic carbocycles. The van der Waals surface area contributed by atoms with Crippen LogP contribution in [-0.2, 0) is 0 Å². The summed E-state index contributed by atoms with van der Waals surface area (Å²) in [4.78, 5) is 17.6. The van der Waals surface area contributed by atoms with Gasteiger partial charge in [0.25, 0.3) is 5.91 Å². The van der Waals surface area contributed by atoms with Crippen molar-refractivity contribution in [2.24, 2.45) is 0 Å². The van der Waals surface area contributed by atoms with E-state index in [-0.39, 0.29) is 17.9 Å². The molecular weight excluding hydrogens is 306 g/mol. The van der Waals surface area contributed by atoms with Crippen molar-refractivity contribution in [1.82, 2.24) is 10.3 Å². The number of aromatic nitrogens is 1. The van der Waals surface area contributed by atoms with Crippen LogP contribution in [-0.4, -0.2) is 10.9 Å². The number of amides is 1. The lowest BCUT2D eigenvalue weighted by Crippen LogP contribution is -2.26. The van der Waals surface area contributed by atoms with Crippen molar-refractivity contribution in [2.75, 3.05) is 5.73 Å². The molecule has 1 atom stereocenters. The van der Waals surface area contributed by atoms with Crippen molar-refractivity contribution in [3.8, 4) is 0 Å². The Morgan fingerprint density at radius 3 is 2.62 bits per heavy atom. The van der Waals surface area contributed by atoms with E-state index in [0.717, 1.165) is 10.6 Å². The third-order valence-electron chi connectivity index (χ3n) is 3.09. The van der Waals surface area contributed by atoms with Gasteiger partial charge in [0.15, 0.2) is 0 Å². The molecule has 21 heavy (non-hydrogen) atoms. The summed E-state index contributed by atoms with van der Waals surface area (Å²) < 4.78 is 0.710. The van der Waals surface area contributed by atoms with Gasteiger partial charge in [-0.1, -0.05) is 25.4 Å². The number of pyridine rings is 1. The Balaban J connectivity index is 2.16. The Kier molecular flexibility index (Phi) is 4.85. The lowest BCUT2D eigenvalue weighted by Gasteiger charge is -2.14. The molecule has 3 N–H and O–H groups in total. The third-order valence-corrected chi connectivity index (χ3v) is 4.50. The maximum Gasteiger partial charge on any atom is 0.251 e. The minimum absolute atomic E-state index is 0.105. The lowest BCUT2D eigenvalue weighted by molar-refractivity contribution is 0.0940. The second-order valence-corrected chi connectivity index (χ2v) is 6.94. The molecule has 0 bridgehead atoms. The summed E-state index contributed by atoms with van der Waals surface area (Å²) in [5, 5.41) is 2.95. The molecule has 0 saturated carbocycles. The summed E-state index contributed by atoms with van der Waals surface area (Å²) in [6.45, 7) is 5.95. The van der Waals surface area contributed by atoms with Crippen molar-refractivity contribution >= 4 is 34.7 Å². The first-order chi connectivity index (χ1) is 9.86. The number of carbonyl (C=O) groups is 1. The van der Waals surface area contributed by atoms with E-state index in [4.69, 9.17) is 17.3 Å². The Labute approximate surface area is 133 Å². The first-order valence-electron chi connectivity index (χ1n) is 6.70. The molecule has 2 heterocycles. The number of hydrogen-bond donors (Lipinski definition) is 2.